The van der Waals surface area contributed by atoms with Crippen molar-refractivity contribution in [2.75, 3.05) is 10.6 Å². The SMILES string of the molecule is O=C(CC(=O)Nc1ccc(Cl)cc1C(F)(F)F)Nc1ccc(F)cc1F. The molecule has 0 fully saturated rings. The van der Waals surface area contributed by atoms with E-state index in [4.69, 9.17) is 11.6 Å². The van der Waals surface area contributed by atoms with Gasteiger partial charge in [-0.1, -0.05) is 11.6 Å². The third-order valence-electron chi connectivity index (χ3n) is 3.09. The number of halogens is 6. The standard InChI is InChI=1S/C16H10ClF5N2O2/c17-8-1-3-12(10(5-8)16(20,21)22)23-14(25)7-15(26)24-13-4-2-9(18)6-11(13)19/h1-6H,7H2,(H,23,25)(H,24,26). The predicted octanol–water partition coefficient (Wildman–Crippen LogP) is 4.60. The molecule has 0 saturated carbocycles. The third-order valence-corrected chi connectivity index (χ3v) is 3.32. The number of anilines is 2. The van der Waals surface area contributed by atoms with E-state index in [1.165, 1.54) is 0 Å². The molecule has 2 aromatic rings. The highest BCUT2D eigenvalue weighted by atomic mass is 35.5. The van der Waals surface area contributed by atoms with Crippen molar-refractivity contribution >= 4 is 34.8 Å². The maximum Gasteiger partial charge on any atom is 0.418 e. The lowest BCUT2D eigenvalue weighted by Gasteiger charge is -2.14. The second kappa shape index (κ2) is 7.69. The summed E-state index contributed by atoms with van der Waals surface area (Å²) in [6.45, 7) is 0. The highest BCUT2D eigenvalue weighted by Gasteiger charge is 2.34. The molecular weight excluding hydrogens is 383 g/mol. The van der Waals surface area contributed by atoms with Gasteiger partial charge in [0, 0.05) is 11.1 Å². The van der Waals surface area contributed by atoms with Crippen molar-refractivity contribution in [1.29, 1.82) is 0 Å². The Labute approximate surface area is 149 Å². The zero-order chi connectivity index (χ0) is 19.5. The van der Waals surface area contributed by atoms with Gasteiger partial charge in [0.25, 0.3) is 0 Å². The first-order valence-electron chi connectivity index (χ1n) is 6.98. The number of alkyl halides is 3. The number of hydrogen-bond donors (Lipinski definition) is 2. The molecule has 0 aliphatic heterocycles. The number of nitrogens with one attached hydrogen (secondary N) is 2. The van der Waals surface area contributed by atoms with Crippen LogP contribution in [0.15, 0.2) is 36.4 Å². The van der Waals surface area contributed by atoms with Crippen LogP contribution >= 0.6 is 11.6 Å². The van der Waals surface area contributed by atoms with Crippen molar-refractivity contribution < 1.29 is 31.5 Å². The highest BCUT2D eigenvalue weighted by molar-refractivity contribution is 6.30. The molecule has 0 saturated heterocycles. The van der Waals surface area contributed by atoms with Crippen LogP contribution in [0.1, 0.15) is 12.0 Å². The van der Waals surface area contributed by atoms with E-state index in [-0.39, 0.29) is 10.7 Å². The van der Waals surface area contributed by atoms with E-state index in [1.54, 1.807) is 0 Å². The first-order chi connectivity index (χ1) is 12.1. The summed E-state index contributed by atoms with van der Waals surface area (Å²) in [5.74, 6) is -3.97. The molecule has 0 aliphatic carbocycles. The number of carbonyl (C=O) groups excluding carboxylic acids is 2. The minimum atomic E-state index is -4.77. The topological polar surface area (TPSA) is 58.2 Å². The molecule has 2 amide bonds. The fourth-order valence-electron chi connectivity index (χ4n) is 1.99. The summed E-state index contributed by atoms with van der Waals surface area (Å²) < 4.78 is 65.0. The van der Waals surface area contributed by atoms with Gasteiger partial charge in [-0.05, 0) is 30.3 Å². The lowest BCUT2D eigenvalue weighted by molar-refractivity contribution is -0.137. The zero-order valence-electron chi connectivity index (χ0n) is 12.8. The first kappa shape index (κ1) is 19.6. The third kappa shape index (κ3) is 5.16. The van der Waals surface area contributed by atoms with E-state index in [0.717, 1.165) is 24.3 Å². The van der Waals surface area contributed by atoms with Crippen LogP contribution in [0.5, 0.6) is 0 Å². The van der Waals surface area contributed by atoms with Crippen LogP contribution in [0.3, 0.4) is 0 Å². The summed E-state index contributed by atoms with van der Waals surface area (Å²) in [6, 6.07) is 5.08. The minimum absolute atomic E-state index is 0.181. The van der Waals surface area contributed by atoms with Crippen molar-refractivity contribution in [2.45, 2.75) is 12.6 Å². The average molecular weight is 393 g/mol. The van der Waals surface area contributed by atoms with Gasteiger partial charge in [0.2, 0.25) is 11.8 Å². The van der Waals surface area contributed by atoms with Gasteiger partial charge in [-0.3, -0.25) is 9.59 Å². The van der Waals surface area contributed by atoms with Gasteiger partial charge in [-0.25, -0.2) is 8.78 Å². The number of amides is 2. The summed E-state index contributed by atoms with van der Waals surface area (Å²) in [5.41, 5.74) is -2.12. The number of hydrogen-bond acceptors (Lipinski definition) is 2. The predicted molar refractivity (Wildman–Crippen MR) is 84.7 cm³/mol. The van der Waals surface area contributed by atoms with E-state index >= 15 is 0 Å². The van der Waals surface area contributed by atoms with Crippen molar-refractivity contribution in [3.63, 3.8) is 0 Å². The Morgan fingerprint density at radius 2 is 1.50 bits per heavy atom. The quantitative estimate of drug-likeness (QED) is 0.590. The zero-order valence-corrected chi connectivity index (χ0v) is 13.5. The molecule has 0 bridgehead atoms. The highest BCUT2D eigenvalue weighted by Crippen LogP contribution is 2.36. The second-order valence-electron chi connectivity index (χ2n) is 5.08. The molecule has 26 heavy (non-hydrogen) atoms. The van der Waals surface area contributed by atoms with Crippen LogP contribution < -0.4 is 10.6 Å². The summed E-state index contributed by atoms with van der Waals surface area (Å²) >= 11 is 5.52. The van der Waals surface area contributed by atoms with Crippen molar-refractivity contribution in [3.8, 4) is 0 Å². The average Bonchev–Trinajstić information content (AvgIpc) is 2.50. The molecule has 2 aromatic carbocycles. The number of carbonyl (C=O) groups is 2. The Hall–Kier alpha value is -2.68. The number of benzene rings is 2. The fraction of sp³-hybridized carbons (Fsp3) is 0.125. The molecule has 0 unspecified atom stereocenters. The smallest absolute Gasteiger partial charge is 0.325 e. The Kier molecular flexibility index (Phi) is 5.81. The summed E-state index contributed by atoms with van der Waals surface area (Å²) in [6.07, 6.45) is -5.65. The lowest BCUT2D eigenvalue weighted by atomic mass is 10.1. The van der Waals surface area contributed by atoms with Gasteiger partial charge in [0.15, 0.2) is 0 Å². The van der Waals surface area contributed by atoms with Gasteiger partial charge in [-0.2, -0.15) is 13.2 Å². The molecule has 0 spiro atoms. The van der Waals surface area contributed by atoms with E-state index in [9.17, 15) is 31.5 Å². The van der Waals surface area contributed by atoms with Crippen molar-refractivity contribution in [1.82, 2.24) is 0 Å². The monoisotopic (exact) mass is 392 g/mol. The van der Waals surface area contributed by atoms with Gasteiger partial charge >= 0.3 is 6.18 Å². The van der Waals surface area contributed by atoms with Gasteiger partial charge in [0.05, 0.1) is 16.9 Å². The Balaban J connectivity index is 2.06. The molecule has 0 heterocycles. The van der Waals surface area contributed by atoms with E-state index in [1.807, 2.05) is 10.6 Å². The Bertz CT molecular complexity index is 855. The summed E-state index contributed by atoms with van der Waals surface area (Å²) in [7, 11) is 0. The maximum atomic E-state index is 13.4. The summed E-state index contributed by atoms with van der Waals surface area (Å²) in [4.78, 5) is 23.5. The van der Waals surface area contributed by atoms with Crippen molar-refractivity contribution in [2.24, 2.45) is 0 Å². The number of rotatable bonds is 4. The molecule has 138 valence electrons. The first-order valence-corrected chi connectivity index (χ1v) is 7.35. The molecule has 2 N–H and O–H groups in total. The van der Waals surface area contributed by atoms with E-state index < -0.39 is 47.3 Å². The van der Waals surface area contributed by atoms with Crippen LogP contribution in [-0.2, 0) is 15.8 Å². The van der Waals surface area contributed by atoms with Gasteiger partial charge in [-0.15, -0.1) is 0 Å². The van der Waals surface area contributed by atoms with Crippen molar-refractivity contribution in [3.05, 3.63) is 58.6 Å². The van der Waals surface area contributed by atoms with Gasteiger partial charge < -0.3 is 10.6 Å². The second-order valence-corrected chi connectivity index (χ2v) is 5.52. The largest absolute Gasteiger partial charge is 0.418 e. The normalized spacial score (nSPS) is 11.2. The van der Waals surface area contributed by atoms with Crippen LogP contribution in [0.2, 0.25) is 5.02 Å². The Morgan fingerprint density at radius 3 is 2.08 bits per heavy atom. The molecule has 0 radical (unpaired) electrons. The van der Waals surface area contributed by atoms with Crippen LogP contribution in [-0.4, -0.2) is 11.8 Å². The fourth-order valence-corrected chi connectivity index (χ4v) is 2.16. The molecule has 4 nitrogen and oxygen atoms in total. The van der Waals surface area contributed by atoms with Gasteiger partial charge in [0.1, 0.15) is 18.1 Å². The lowest BCUT2D eigenvalue weighted by Crippen LogP contribution is -2.23. The van der Waals surface area contributed by atoms with Crippen LogP contribution in [0, 0.1) is 11.6 Å². The summed E-state index contributed by atoms with van der Waals surface area (Å²) in [5, 5.41) is 3.80. The Morgan fingerprint density at radius 1 is 0.923 bits per heavy atom. The van der Waals surface area contributed by atoms with Crippen LogP contribution in [0.25, 0.3) is 0 Å². The molecule has 0 atom stereocenters. The molecule has 0 aromatic heterocycles. The maximum absolute atomic E-state index is 13.4. The van der Waals surface area contributed by atoms with E-state index in [0.29, 0.717) is 12.1 Å². The molecule has 2 rings (SSSR count). The molecule has 0 aliphatic rings. The minimum Gasteiger partial charge on any atom is -0.325 e. The van der Waals surface area contributed by atoms with Crippen LogP contribution in [0.4, 0.5) is 33.3 Å². The molecular formula is C16H10ClF5N2O2. The molecule has 10 heteroatoms. The van der Waals surface area contributed by atoms with E-state index in [2.05, 4.69) is 0 Å².